The molecular formula is C10H20N2O2. The smallest absolute Gasteiger partial charge is 0.243 e. The lowest BCUT2D eigenvalue weighted by Gasteiger charge is -2.15. The van der Waals surface area contributed by atoms with Crippen molar-refractivity contribution in [3.05, 3.63) is 12.2 Å². The third kappa shape index (κ3) is 7.76. The highest BCUT2D eigenvalue weighted by Gasteiger charge is 1.98. The Morgan fingerprint density at radius 2 is 2.21 bits per heavy atom. The molecule has 0 spiro atoms. The number of amides is 1. The predicted octanol–water partition coefficient (Wildman–Crippen LogP) is 0.257. The Labute approximate surface area is 85.9 Å². The minimum Gasteiger partial charge on any atom is -0.383 e. The number of nitrogens with one attached hydrogen (secondary N) is 1. The van der Waals surface area contributed by atoms with E-state index >= 15 is 0 Å². The van der Waals surface area contributed by atoms with Gasteiger partial charge in [-0.3, -0.25) is 4.79 Å². The fourth-order valence-electron chi connectivity index (χ4n) is 0.939. The first-order valence-corrected chi connectivity index (χ1v) is 4.78. The van der Waals surface area contributed by atoms with E-state index in [0.717, 1.165) is 19.7 Å². The summed E-state index contributed by atoms with van der Waals surface area (Å²) in [6.45, 7) is 4.94. The molecule has 0 unspecified atom stereocenters. The number of nitrogens with zero attached hydrogens (tertiary/aromatic N) is 1. The zero-order chi connectivity index (χ0) is 10.8. The van der Waals surface area contributed by atoms with Crippen LogP contribution in [0.15, 0.2) is 12.2 Å². The summed E-state index contributed by atoms with van der Waals surface area (Å²) in [7, 11) is 3.68. The van der Waals surface area contributed by atoms with Gasteiger partial charge in [0.1, 0.15) is 0 Å². The Morgan fingerprint density at radius 3 is 2.79 bits per heavy atom. The van der Waals surface area contributed by atoms with Gasteiger partial charge in [0.05, 0.1) is 6.61 Å². The summed E-state index contributed by atoms with van der Waals surface area (Å²) in [5, 5.41) is 2.78. The zero-order valence-corrected chi connectivity index (χ0v) is 9.25. The Morgan fingerprint density at radius 1 is 1.50 bits per heavy atom. The fourth-order valence-corrected chi connectivity index (χ4v) is 0.939. The van der Waals surface area contributed by atoms with Crippen LogP contribution >= 0.6 is 0 Å². The Balaban J connectivity index is 3.39. The van der Waals surface area contributed by atoms with Gasteiger partial charge in [-0.1, -0.05) is 6.08 Å². The SMILES string of the molecule is CC=CC(=O)NCCN(C)CCOC. The van der Waals surface area contributed by atoms with Crippen LogP contribution in [0.4, 0.5) is 0 Å². The van der Waals surface area contributed by atoms with Crippen LogP contribution in [-0.4, -0.2) is 51.2 Å². The van der Waals surface area contributed by atoms with Gasteiger partial charge in [-0.15, -0.1) is 0 Å². The summed E-state index contributed by atoms with van der Waals surface area (Å²) in [5.41, 5.74) is 0. The monoisotopic (exact) mass is 200 g/mol. The first kappa shape index (κ1) is 13.1. The van der Waals surface area contributed by atoms with Crippen LogP contribution < -0.4 is 5.32 Å². The maximum absolute atomic E-state index is 11.0. The highest BCUT2D eigenvalue weighted by Crippen LogP contribution is 1.81. The molecule has 4 heteroatoms. The van der Waals surface area contributed by atoms with Crippen LogP contribution in [0.5, 0.6) is 0 Å². The molecule has 0 radical (unpaired) electrons. The lowest BCUT2D eigenvalue weighted by Crippen LogP contribution is -2.33. The topological polar surface area (TPSA) is 41.6 Å². The van der Waals surface area contributed by atoms with Gasteiger partial charge >= 0.3 is 0 Å². The van der Waals surface area contributed by atoms with Gasteiger partial charge in [0.25, 0.3) is 0 Å². The minimum absolute atomic E-state index is 0.0346. The summed E-state index contributed by atoms with van der Waals surface area (Å²) in [6, 6.07) is 0. The van der Waals surface area contributed by atoms with E-state index in [1.165, 1.54) is 6.08 Å². The number of hydrogen-bond acceptors (Lipinski definition) is 3. The second-order valence-corrected chi connectivity index (χ2v) is 3.09. The molecule has 0 bridgehead atoms. The summed E-state index contributed by atoms with van der Waals surface area (Å²) in [6.07, 6.45) is 3.25. The quantitative estimate of drug-likeness (QED) is 0.599. The molecule has 0 saturated heterocycles. The Kier molecular flexibility index (Phi) is 8.17. The number of hydrogen-bond donors (Lipinski definition) is 1. The molecule has 0 aromatic carbocycles. The molecule has 0 aliphatic carbocycles. The molecule has 0 aliphatic heterocycles. The molecule has 1 N–H and O–H groups in total. The Bertz CT molecular complexity index is 181. The van der Waals surface area contributed by atoms with Crippen molar-refractivity contribution in [2.24, 2.45) is 0 Å². The number of methoxy groups -OCH3 is 1. The molecule has 0 rings (SSSR count). The number of carbonyl (C=O) groups excluding carboxylic acids is 1. The molecule has 14 heavy (non-hydrogen) atoms. The van der Waals surface area contributed by atoms with Gasteiger partial charge < -0.3 is 15.0 Å². The average molecular weight is 200 g/mol. The maximum atomic E-state index is 11.0. The van der Waals surface area contributed by atoms with Gasteiger partial charge in [0.15, 0.2) is 0 Å². The van der Waals surface area contributed by atoms with E-state index in [-0.39, 0.29) is 5.91 Å². The minimum atomic E-state index is -0.0346. The largest absolute Gasteiger partial charge is 0.383 e. The van der Waals surface area contributed by atoms with Gasteiger partial charge in [0, 0.05) is 26.7 Å². The first-order chi connectivity index (χ1) is 6.70. The normalized spacial score (nSPS) is 11.1. The Hall–Kier alpha value is -0.870. The molecule has 4 nitrogen and oxygen atoms in total. The van der Waals surface area contributed by atoms with Crippen molar-refractivity contribution in [3.63, 3.8) is 0 Å². The van der Waals surface area contributed by atoms with Crippen molar-refractivity contribution in [1.82, 2.24) is 10.2 Å². The number of ether oxygens (including phenoxy) is 1. The van der Waals surface area contributed by atoms with E-state index < -0.39 is 0 Å². The van der Waals surface area contributed by atoms with Gasteiger partial charge in [-0.2, -0.15) is 0 Å². The summed E-state index contributed by atoms with van der Waals surface area (Å²) in [4.78, 5) is 13.1. The third-order valence-electron chi connectivity index (χ3n) is 1.79. The molecule has 0 aromatic rings. The molecule has 0 heterocycles. The number of rotatable bonds is 7. The molecular weight excluding hydrogens is 180 g/mol. The van der Waals surface area contributed by atoms with E-state index in [1.54, 1.807) is 13.2 Å². The second-order valence-electron chi connectivity index (χ2n) is 3.09. The van der Waals surface area contributed by atoms with Crippen LogP contribution in [0.1, 0.15) is 6.92 Å². The highest BCUT2D eigenvalue weighted by atomic mass is 16.5. The van der Waals surface area contributed by atoms with Gasteiger partial charge in [-0.05, 0) is 20.0 Å². The molecule has 0 aliphatic rings. The summed E-state index contributed by atoms with van der Waals surface area (Å²) in [5.74, 6) is -0.0346. The zero-order valence-electron chi connectivity index (χ0n) is 9.25. The molecule has 82 valence electrons. The predicted molar refractivity (Wildman–Crippen MR) is 57.2 cm³/mol. The van der Waals surface area contributed by atoms with Crippen LogP contribution in [0.2, 0.25) is 0 Å². The molecule has 1 amide bonds. The van der Waals surface area contributed by atoms with E-state index in [1.807, 2.05) is 14.0 Å². The van der Waals surface area contributed by atoms with Gasteiger partial charge in [0.2, 0.25) is 5.91 Å². The van der Waals surface area contributed by atoms with Crippen LogP contribution in [-0.2, 0) is 9.53 Å². The van der Waals surface area contributed by atoms with Crippen molar-refractivity contribution < 1.29 is 9.53 Å². The van der Waals surface area contributed by atoms with E-state index in [0.29, 0.717) is 6.54 Å². The van der Waals surface area contributed by atoms with Crippen LogP contribution in [0.3, 0.4) is 0 Å². The molecule has 0 atom stereocenters. The number of likely N-dealkylation sites (N-methyl/N-ethyl adjacent to an activating group) is 1. The van der Waals surface area contributed by atoms with Crippen molar-refractivity contribution in [2.75, 3.05) is 40.4 Å². The lowest BCUT2D eigenvalue weighted by molar-refractivity contribution is -0.116. The highest BCUT2D eigenvalue weighted by molar-refractivity contribution is 5.87. The van der Waals surface area contributed by atoms with Crippen LogP contribution in [0.25, 0.3) is 0 Å². The maximum Gasteiger partial charge on any atom is 0.243 e. The fraction of sp³-hybridized carbons (Fsp3) is 0.700. The standard InChI is InChI=1S/C10H20N2O2/c1-4-5-10(13)11-6-7-12(2)8-9-14-3/h4-5H,6-9H2,1-3H3,(H,11,13). The molecule has 0 saturated carbocycles. The number of allylic oxidation sites excluding steroid dienone is 1. The van der Waals surface area contributed by atoms with E-state index in [4.69, 9.17) is 4.74 Å². The van der Waals surface area contributed by atoms with Gasteiger partial charge in [-0.25, -0.2) is 0 Å². The first-order valence-electron chi connectivity index (χ1n) is 4.78. The molecule has 0 fully saturated rings. The van der Waals surface area contributed by atoms with Crippen molar-refractivity contribution in [3.8, 4) is 0 Å². The lowest BCUT2D eigenvalue weighted by atomic mass is 10.4. The van der Waals surface area contributed by atoms with Crippen molar-refractivity contribution >= 4 is 5.91 Å². The average Bonchev–Trinajstić information content (AvgIpc) is 2.15. The van der Waals surface area contributed by atoms with Crippen molar-refractivity contribution in [1.29, 1.82) is 0 Å². The molecule has 0 aromatic heterocycles. The summed E-state index contributed by atoms with van der Waals surface area (Å²) < 4.78 is 4.94. The van der Waals surface area contributed by atoms with E-state index in [2.05, 4.69) is 10.2 Å². The van der Waals surface area contributed by atoms with Crippen LogP contribution in [0, 0.1) is 0 Å². The summed E-state index contributed by atoms with van der Waals surface area (Å²) >= 11 is 0. The van der Waals surface area contributed by atoms with E-state index in [9.17, 15) is 4.79 Å². The van der Waals surface area contributed by atoms with Crippen molar-refractivity contribution in [2.45, 2.75) is 6.92 Å². The number of carbonyl (C=O) groups is 1. The third-order valence-corrected chi connectivity index (χ3v) is 1.79. The second kappa shape index (κ2) is 8.72.